The monoisotopic (exact) mass is 530 g/mol. The van der Waals surface area contributed by atoms with Crippen molar-refractivity contribution >= 4 is 43.8 Å². The Kier molecular flexibility index (Phi) is 7.15. The molecule has 0 spiro atoms. The Labute approximate surface area is 202 Å². The van der Waals surface area contributed by atoms with Crippen LogP contribution < -0.4 is 10.1 Å². The maximum atomic E-state index is 14.2. The summed E-state index contributed by atoms with van der Waals surface area (Å²) in [6, 6.07) is 6.41. The fourth-order valence-corrected chi connectivity index (χ4v) is 6.70. The van der Waals surface area contributed by atoms with Gasteiger partial charge in [-0.15, -0.1) is 0 Å². The second-order valence-corrected chi connectivity index (χ2v) is 11.3. The van der Waals surface area contributed by atoms with E-state index in [-0.39, 0.29) is 20.6 Å². The fourth-order valence-electron chi connectivity index (χ4n) is 3.74. The highest BCUT2D eigenvalue weighted by atomic mass is 35.5. The quantitative estimate of drug-likeness (QED) is 0.424. The summed E-state index contributed by atoms with van der Waals surface area (Å²) in [5, 5.41) is 1.01. The summed E-state index contributed by atoms with van der Waals surface area (Å²) in [4.78, 5) is 16.6. The summed E-state index contributed by atoms with van der Waals surface area (Å²) in [6.45, 7) is 0. The summed E-state index contributed by atoms with van der Waals surface area (Å²) < 4.78 is 72.3. The number of carbonyl (C=O) groups is 1. The number of benzene rings is 2. The molecule has 1 saturated carbocycles. The number of hydrogen-bond donors (Lipinski definition) is 1. The molecular formula is C22H18ClF3N2O4S2. The number of thiazole rings is 1. The van der Waals surface area contributed by atoms with Crippen molar-refractivity contribution in [3.05, 3.63) is 69.9 Å². The first kappa shape index (κ1) is 24.5. The van der Waals surface area contributed by atoms with E-state index in [1.165, 1.54) is 18.2 Å². The molecular weight excluding hydrogens is 513 g/mol. The number of aromatic nitrogens is 1. The molecule has 1 heterocycles. The Morgan fingerprint density at radius 1 is 1.15 bits per heavy atom. The van der Waals surface area contributed by atoms with E-state index in [9.17, 15) is 26.4 Å². The van der Waals surface area contributed by atoms with Gasteiger partial charge in [0.1, 0.15) is 5.82 Å². The van der Waals surface area contributed by atoms with E-state index in [0.29, 0.717) is 30.2 Å². The first-order valence-corrected chi connectivity index (χ1v) is 13.0. The van der Waals surface area contributed by atoms with Crippen LogP contribution in [0.4, 0.5) is 18.3 Å². The molecule has 0 aliphatic heterocycles. The van der Waals surface area contributed by atoms with Crippen LogP contribution in [0.15, 0.2) is 47.5 Å². The minimum absolute atomic E-state index is 0.0674. The molecule has 12 heteroatoms. The van der Waals surface area contributed by atoms with Crippen molar-refractivity contribution in [1.82, 2.24) is 4.98 Å². The number of amides is 1. The van der Waals surface area contributed by atoms with Crippen LogP contribution in [0, 0.1) is 16.8 Å². The molecule has 1 unspecified atom stereocenters. The summed E-state index contributed by atoms with van der Waals surface area (Å²) in [5.41, 5.74) is 0.105. The van der Waals surface area contributed by atoms with Gasteiger partial charge in [0.2, 0.25) is 6.10 Å². The molecule has 1 fully saturated rings. The van der Waals surface area contributed by atoms with Crippen LogP contribution in [0.1, 0.15) is 37.4 Å². The lowest BCUT2D eigenvalue weighted by atomic mass is 10.1. The zero-order valence-corrected chi connectivity index (χ0v) is 19.8. The minimum atomic E-state index is -3.67. The third-order valence-electron chi connectivity index (χ3n) is 5.39. The normalized spacial score (nSPS) is 15.3. The molecule has 2 aromatic carbocycles. The topological polar surface area (TPSA) is 85.4 Å². The predicted octanol–water partition coefficient (Wildman–Crippen LogP) is 5.69. The van der Waals surface area contributed by atoms with Gasteiger partial charge in [-0.1, -0.05) is 41.8 Å². The van der Waals surface area contributed by atoms with E-state index < -0.39 is 49.6 Å². The molecule has 0 saturated heterocycles. The second kappa shape index (κ2) is 9.93. The highest BCUT2D eigenvalue weighted by Crippen LogP contribution is 2.35. The Balaban J connectivity index is 1.68. The molecule has 34 heavy (non-hydrogen) atoms. The van der Waals surface area contributed by atoms with Crippen LogP contribution >= 0.6 is 22.9 Å². The number of anilines is 1. The van der Waals surface area contributed by atoms with Crippen LogP contribution in [-0.4, -0.2) is 24.6 Å². The van der Waals surface area contributed by atoms with Gasteiger partial charge in [-0.3, -0.25) is 10.1 Å². The zero-order chi connectivity index (χ0) is 24.5. The minimum Gasteiger partial charge on any atom is -0.473 e. The fraction of sp³-hybridized carbons (Fsp3) is 0.273. The van der Waals surface area contributed by atoms with Gasteiger partial charge < -0.3 is 4.74 Å². The molecule has 1 aliphatic carbocycles. The number of ether oxygens (including phenoxy) is 1. The average molecular weight is 531 g/mol. The molecule has 4 rings (SSSR count). The highest BCUT2D eigenvalue weighted by Gasteiger charge is 2.33. The Hall–Kier alpha value is -2.63. The van der Waals surface area contributed by atoms with E-state index in [2.05, 4.69) is 10.3 Å². The van der Waals surface area contributed by atoms with Crippen molar-refractivity contribution in [1.29, 1.82) is 0 Å². The zero-order valence-electron chi connectivity index (χ0n) is 17.4. The van der Waals surface area contributed by atoms with E-state index in [4.69, 9.17) is 16.3 Å². The first-order chi connectivity index (χ1) is 16.1. The summed E-state index contributed by atoms with van der Waals surface area (Å²) >= 11 is 6.88. The SMILES string of the molecule is O=C(Nc1ncc(F)s1)C(Oc1ccc(F)cc1F)c1ccc(S(=O)(=O)C2CCCC2)c(Cl)c1. The Morgan fingerprint density at radius 3 is 2.50 bits per heavy atom. The standard InChI is InChI=1S/C22H18ClF3N2O4S2/c23-15-9-12(5-8-18(15)34(30,31)14-3-1-2-4-14)20(21(29)28-22-27-11-19(26)33-22)32-17-7-6-13(24)10-16(17)25/h5-11,14,20H,1-4H2,(H,27,28,29). The molecule has 180 valence electrons. The first-order valence-electron chi connectivity index (χ1n) is 10.2. The number of nitrogens with zero attached hydrogens (tertiary/aromatic N) is 1. The molecule has 6 nitrogen and oxygen atoms in total. The third-order valence-corrected chi connectivity index (χ3v) is 8.83. The highest BCUT2D eigenvalue weighted by molar-refractivity contribution is 7.92. The van der Waals surface area contributed by atoms with Gasteiger partial charge in [-0.25, -0.2) is 22.2 Å². The molecule has 1 atom stereocenters. The number of sulfone groups is 1. The van der Waals surface area contributed by atoms with Crippen LogP contribution in [0.5, 0.6) is 5.75 Å². The lowest BCUT2D eigenvalue weighted by Crippen LogP contribution is -2.26. The van der Waals surface area contributed by atoms with Crippen LogP contribution in [0.25, 0.3) is 0 Å². The lowest BCUT2D eigenvalue weighted by Gasteiger charge is -2.20. The predicted molar refractivity (Wildman–Crippen MR) is 121 cm³/mol. The van der Waals surface area contributed by atoms with Gasteiger partial charge in [-0.05, 0) is 37.1 Å². The number of carbonyl (C=O) groups excluding carboxylic acids is 1. The van der Waals surface area contributed by atoms with Crippen molar-refractivity contribution in [2.24, 2.45) is 0 Å². The third kappa shape index (κ3) is 5.21. The molecule has 1 aromatic heterocycles. The second-order valence-electron chi connectivity index (χ2n) is 7.67. The lowest BCUT2D eigenvalue weighted by molar-refractivity contribution is -0.123. The van der Waals surface area contributed by atoms with Crippen LogP contribution in [0.3, 0.4) is 0 Å². The summed E-state index contributed by atoms with van der Waals surface area (Å²) in [6.07, 6.45) is 2.10. The van der Waals surface area contributed by atoms with Crippen LogP contribution in [0.2, 0.25) is 5.02 Å². The van der Waals surface area contributed by atoms with Gasteiger partial charge in [0.05, 0.1) is 21.4 Å². The van der Waals surface area contributed by atoms with Gasteiger partial charge in [0, 0.05) is 11.6 Å². The Morgan fingerprint density at radius 2 is 1.88 bits per heavy atom. The van der Waals surface area contributed by atoms with Gasteiger partial charge in [0.25, 0.3) is 5.91 Å². The Bertz CT molecular complexity index is 1330. The smallest absolute Gasteiger partial charge is 0.271 e. The van der Waals surface area contributed by atoms with Crippen molar-refractivity contribution in [3.63, 3.8) is 0 Å². The molecule has 1 amide bonds. The van der Waals surface area contributed by atoms with E-state index in [1.807, 2.05) is 0 Å². The number of halogens is 4. The average Bonchev–Trinajstić information content (AvgIpc) is 3.45. The van der Waals surface area contributed by atoms with Crippen molar-refractivity contribution in [2.45, 2.75) is 41.9 Å². The summed E-state index contributed by atoms with van der Waals surface area (Å²) in [7, 11) is -3.67. The molecule has 0 radical (unpaired) electrons. The van der Waals surface area contributed by atoms with Crippen molar-refractivity contribution < 1.29 is 31.1 Å². The van der Waals surface area contributed by atoms with E-state index in [0.717, 1.165) is 31.2 Å². The number of hydrogen-bond acceptors (Lipinski definition) is 6. The summed E-state index contributed by atoms with van der Waals surface area (Å²) in [5.74, 6) is -3.16. The largest absolute Gasteiger partial charge is 0.473 e. The maximum Gasteiger partial charge on any atom is 0.271 e. The molecule has 3 aromatic rings. The van der Waals surface area contributed by atoms with Gasteiger partial charge >= 0.3 is 0 Å². The maximum absolute atomic E-state index is 14.2. The van der Waals surface area contributed by atoms with Gasteiger partial charge in [0.15, 0.2) is 31.7 Å². The molecule has 1 aliphatic rings. The van der Waals surface area contributed by atoms with E-state index in [1.54, 1.807) is 0 Å². The van der Waals surface area contributed by atoms with Gasteiger partial charge in [-0.2, -0.15) is 4.39 Å². The number of nitrogens with one attached hydrogen (secondary N) is 1. The molecule has 1 N–H and O–H groups in total. The van der Waals surface area contributed by atoms with E-state index >= 15 is 0 Å². The van der Waals surface area contributed by atoms with Crippen molar-refractivity contribution in [2.75, 3.05) is 5.32 Å². The molecule has 0 bridgehead atoms. The van der Waals surface area contributed by atoms with Crippen molar-refractivity contribution in [3.8, 4) is 5.75 Å². The van der Waals surface area contributed by atoms with Crippen LogP contribution in [-0.2, 0) is 14.6 Å². The number of rotatable bonds is 7.